The van der Waals surface area contributed by atoms with Crippen molar-refractivity contribution in [3.05, 3.63) is 29.8 Å². The van der Waals surface area contributed by atoms with Crippen LogP contribution in [0.1, 0.15) is 19.4 Å². The van der Waals surface area contributed by atoms with Crippen LogP contribution in [0.25, 0.3) is 0 Å². The van der Waals surface area contributed by atoms with Gasteiger partial charge in [0, 0.05) is 13.8 Å². The Hall–Kier alpha value is -2.88. The van der Waals surface area contributed by atoms with E-state index in [0.29, 0.717) is 11.3 Å². The molecule has 7 heteroatoms. The molecule has 0 saturated carbocycles. The second kappa shape index (κ2) is 5.01. The average molecular weight is 273 g/mol. The zero-order valence-corrected chi connectivity index (χ0v) is 10.8. The summed E-state index contributed by atoms with van der Waals surface area (Å²) in [6.45, 7) is 2.90. The molecule has 0 amide bonds. The summed E-state index contributed by atoms with van der Waals surface area (Å²) in [5, 5.41) is 12.3. The quantitative estimate of drug-likeness (QED) is 0.641. The van der Waals surface area contributed by atoms with E-state index < -0.39 is 23.4 Å². The number of carbonyl (C=O) groups excluding carboxylic acids is 2. The van der Waals surface area contributed by atoms with Gasteiger partial charge in [-0.2, -0.15) is 10.4 Å². The second-order valence-corrected chi connectivity index (χ2v) is 4.44. The fourth-order valence-corrected chi connectivity index (χ4v) is 1.48. The maximum atomic E-state index is 11.6. The van der Waals surface area contributed by atoms with E-state index in [1.165, 1.54) is 13.8 Å². The maximum Gasteiger partial charge on any atom is 0.369 e. The summed E-state index contributed by atoms with van der Waals surface area (Å²) in [6, 6.07) is 8.29. The number of carbonyl (C=O) groups is 2. The highest BCUT2D eigenvalue weighted by molar-refractivity contribution is 6.63. The largest absolute Gasteiger partial charge is 0.418 e. The van der Waals surface area contributed by atoms with Gasteiger partial charge in [0.05, 0.1) is 17.3 Å². The minimum absolute atomic E-state index is 0.464. The molecule has 2 rings (SSSR count). The van der Waals surface area contributed by atoms with Crippen LogP contribution in [0, 0.1) is 11.3 Å². The average Bonchev–Trinajstić information content (AvgIpc) is 2.37. The third-order valence-electron chi connectivity index (χ3n) is 2.37. The Labute approximate surface area is 114 Å². The number of rotatable bonds is 2. The number of nitriles is 1. The highest BCUT2D eigenvalue weighted by Crippen LogP contribution is 2.18. The highest BCUT2D eigenvalue weighted by Gasteiger charge is 2.40. The monoisotopic (exact) mass is 273 g/mol. The molecule has 1 aromatic carbocycles. The molecule has 0 spiro atoms. The first-order valence-electron chi connectivity index (χ1n) is 5.72. The lowest BCUT2D eigenvalue weighted by atomic mass is 10.2. The highest BCUT2D eigenvalue weighted by atomic mass is 16.7. The van der Waals surface area contributed by atoms with Crippen molar-refractivity contribution in [2.45, 2.75) is 19.6 Å². The first-order chi connectivity index (χ1) is 9.41. The van der Waals surface area contributed by atoms with Crippen molar-refractivity contribution in [2.24, 2.45) is 5.10 Å². The lowest BCUT2D eigenvalue weighted by molar-refractivity contribution is -0.214. The third kappa shape index (κ3) is 2.92. The second-order valence-electron chi connectivity index (χ2n) is 4.44. The van der Waals surface area contributed by atoms with Gasteiger partial charge in [-0.3, -0.25) is 5.43 Å². The van der Waals surface area contributed by atoms with E-state index >= 15 is 0 Å². The number of ether oxygens (including phenoxy) is 2. The van der Waals surface area contributed by atoms with Crippen molar-refractivity contribution >= 4 is 23.3 Å². The predicted molar refractivity (Wildman–Crippen MR) is 68.5 cm³/mol. The predicted octanol–water partition coefficient (Wildman–Crippen LogP) is 1.16. The van der Waals surface area contributed by atoms with Crippen LogP contribution in [-0.4, -0.2) is 23.4 Å². The molecule has 0 bridgehead atoms. The molecule has 102 valence electrons. The Morgan fingerprint density at radius 2 is 1.70 bits per heavy atom. The van der Waals surface area contributed by atoms with Gasteiger partial charge in [-0.05, 0) is 24.3 Å². The smallest absolute Gasteiger partial charge is 0.369 e. The number of cyclic esters (lactones) is 2. The summed E-state index contributed by atoms with van der Waals surface area (Å²) >= 11 is 0. The van der Waals surface area contributed by atoms with Gasteiger partial charge in [0.15, 0.2) is 0 Å². The number of nitrogens with one attached hydrogen (secondary N) is 1. The molecule has 0 radical (unpaired) electrons. The molecule has 1 fully saturated rings. The number of hydrazone groups is 1. The van der Waals surface area contributed by atoms with Gasteiger partial charge in [-0.15, -0.1) is 0 Å². The fraction of sp³-hybridized carbons (Fsp3) is 0.231. The summed E-state index contributed by atoms with van der Waals surface area (Å²) in [7, 11) is 0. The normalized spacial score (nSPS) is 16.8. The molecule has 7 nitrogen and oxygen atoms in total. The van der Waals surface area contributed by atoms with Gasteiger partial charge >= 0.3 is 11.9 Å². The topological polar surface area (TPSA) is 101 Å². The molecule has 1 aromatic rings. The zero-order valence-electron chi connectivity index (χ0n) is 10.8. The molecule has 0 atom stereocenters. The van der Waals surface area contributed by atoms with E-state index in [1.807, 2.05) is 6.07 Å². The van der Waals surface area contributed by atoms with Gasteiger partial charge in [0.2, 0.25) is 0 Å². The minimum Gasteiger partial charge on any atom is -0.418 e. The van der Waals surface area contributed by atoms with Gasteiger partial charge in [-0.25, -0.2) is 9.59 Å². The first-order valence-corrected chi connectivity index (χ1v) is 5.72. The molecule has 1 heterocycles. The van der Waals surface area contributed by atoms with E-state index in [4.69, 9.17) is 14.7 Å². The van der Waals surface area contributed by atoms with Gasteiger partial charge < -0.3 is 9.47 Å². The van der Waals surface area contributed by atoms with Gasteiger partial charge in [0.1, 0.15) is 0 Å². The Kier molecular flexibility index (Phi) is 3.39. The summed E-state index contributed by atoms with van der Waals surface area (Å²) in [4.78, 5) is 23.2. The Balaban J connectivity index is 2.13. The van der Waals surface area contributed by atoms with E-state index in [1.54, 1.807) is 24.3 Å². The van der Waals surface area contributed by atoms with Crippen molar-refractivity contribution < 1.29 is 19.1 Å². The summed E-state index contributed by atoms with van der Waals surface area (Å²) < 4.78 is 9.77. The third-order valence-corrected chi connectivity index (χ3v) is 2.37. The van der Waals surface area contributed by atoms with Crippen molar-refractivity contribution in [3.8, 4) is 6.07 Å². The van der Waals surface area contributed by atoms with Crippen LogP contribution < -0.4 is 5.43 Å². The van der Waals surface area contributed by atoms with Crippen LogP contribution in [-0.2, 0) is 19.1 Å². The standard InChI is InChI=1S/C13H11N3O4/c1-13(2)19-11(17)10(12(18)20-13)16-15-9-5-3-8(7-14)4-6-9/h3-6,15H,1-2H3. The van der Waals surface area contributed by atoms with Crippen LogP contribution in [0.4, 0.5) is 5.69 Å². The fourth-order valence-electron chi connectivity index (χ4n) is 1.48. The Morgan fingerprint density at radius 1 is 1.15 bits per heavy atom. The van der Waals surface area contributed by atoms with E-state index in [0.717, 1.165) is 0 Å². The van der Waals surface area contributed by atoms with Crippen molar-refractivity contribution in [1.29, 1.82) is 5.26 Å². The summed E-state index contributed by atoms with van der Waals surface area (Å²) in [6.07, 6.45) is 0. The molecule has 1 saturated heterocycles. The van der Waals surface area contributed by atoms with Crippen LogP contribution >= 0.6 is 0 Å². The molecule has 0 aliphatic carbocycles. The Morgan fingerprint density at radius 3 is 2.20 bits per heavy atom. The molecule has 20 heavy (non-hydrogen) atoms. The lowest BCUT2D eigenvalue weighted by Crippen LogP contribution is -2.47. The number of anilines is 1. The van der Waals surface area contributed by atoms with Crippen LogP contribution in [0.2, 0.25) is 0 Å². The van der Waals surface area contributed by atoms with Crippen LogP contribution in [0.5, 0.6) is 0 Å². The van der Waals surface area contributed by atoms with Gasteiger partial charge in [-0.1, -0.05) is 0 Å². The van der Waals surface area contributed by atoms with Crippen molar-refractivity contribution in [2.75, 3.05) is 5.43 Å². The van der Waals surface area contributed by atoms with E-state index in [2.05, 4.69) is 10.5 Å². The van der Waals surface area contributed by atoms with Crippen LogP contribution in [0.3, 0.4) is 0 Å². The van der Waals surface area contributed by atoms with E-state index in [9.17, 15) is 9.59 Å². The maximum absolute atomic E-state index is 11.6. The lowest BCUT2D eigenvalue weighted by Gasteiger charge is -2.28. The number of hydrogen-bond donors (Lipinski definition) is 1. The molecular formula is C13H11N3O4. The molecule has 1 aliphatic heterocycles. The first kappa shape index (κ1) is 13.5. The van der Waals surface area contributed by atoms with Crippen molar-refractivity contribution in [1.82, 2.24) is 0 Å². The summed E-state index contributed by atoms with van der Waals surface area (Å²) in [5.41, 5.74) is 3.07. The number of nitrogens with zero attached hydrogens (tertiary/aromatic N) is 2. The van der Waals surface area contributed by atoms with Crippen LogP contribution in [0.15, 0.2) is 29.4 Å². The molecule has 0 aromatic heterocycles. The van der Waals surface area contributed by atoms with Gasteiger partial charge in [0.25, 0.3) is 11.5 Å². The molecular weight excluding hydrogens is 262 g/mol. The molecule has 1 N–H and O–H groups in total. The number of esters is 2. The zero-order chi connectivity index (χ0) is 14.8. The SMILES string of the molecule is CC1(C)OC(=O)C(=NNc2ccc(C#N)cc2)C(=O)O1. The van der Waals surface area contributed by atoms with Crippen molar-refractivity contribution in [3.63, 3.8) is 0 Å². The molecule has 0 unspecified atom stereocenters. The Bertz CT molecular complexity index is 604. The minimum atomic E-state index is -1.29. The summed E-state index contributed by atoms with van der Waals surface area (Å²) in [5.74, 6) is -3.00. The number of benzene rings is 1. The molecule has 1 aliphatic rings. The van der Waals surface area contributed by atoms with E-state index in [-0.39, 0.29) is 0 Å². The number of hydrogen-bond acceptors (Lipinski definition) is 7.